The highest BCUT2D eigenvalue weighted by molar-refractivity contribution is 6.03. The van der Waals surface area contributed by atoms with Gasteiger partial charge in [-0.1, -0.05) is 66.7 Å². The summed E-state index contributed by atoms with van der Waals surface area (Å²) in [5.41, 5.74) is 7.49. The zero-order chi connectivity index (χ0) is 19.8. The molecular weight excluding hydrogens is 356 g/mol. The first kappa shape index (κ1) is 18.0. The van der Waals surface area contributed by atoms with Crippen LogP contribution in [0.1, 0.15) is 30.5 Å². The topological polar surface area (TPSA) is 24.8 Å². The first-order chi connectivity index (χ1) is 14.1. The molecule has 0 aliphatic carbocycles. The van der Waals surface area contributed by atoms with Crippen molar-refractivity contribution < 1.29 is 4.74 Å². The van der Waals surface area contributed by atoms with Crippen LogP contribution >= 0.6 is 0 Å². The van der Waals surface area contributed by atoms with Crippen molar-refractivity contribution in [2.24, 2.45) is 4.99 Å². The van der Waals surface area contributed by atoms with E-state index >= 15 is 0 Å². The van der Waals surface area contributed by atoms with Gasteiger partial charge in [0.15, 0.2) is 0 Å². The number of hydrogen-bond donors (Lipinski definition) is 0. The molecule has 2 aliphatic heterocycles. The van der Waals surface area contributed by atoms with Gasteiger partial charge in [-0.05, 0) is 43.0 Å². The van der Waals surface area contributed by atoms with Crippen LogP contribution in [0, 0.1) is 0 Å². The van der Waals surface area contributed by atoms with Crippen LogP contribution in [-0.2, 0) is 17.7 Å². The Hall–Kier alpha value is -3.07. The summed E-state index contributed by atoms with van der Waals surface area (Å²) in [6, 6.07) is 25.9. The minimum atomic E-state index is -0.166. The van der Waals surface area contributed by atoms with Gasteiger partial charge in [0, 0.05) is 29.9 Å². The second-order valence-electron chi connectivity index (χ2n) is 8.53. The summed E-state index contributed by atoms with van der Waals surface area (Å²) in [6.45, 7) is 6.84. The van der Waals surface area contributed by atoms with Crippen molar-refractivity contribution in [1.82, 2.24) is 0 Å². The number of para-hydroxylation sites is 1. The molecule has 0 N–H and O–H groups in total. The van der Waals surface area contributed by atoms with Gasteiger partial charge in [0.2, 0.25) is 5.90 Å². The fourth-order valence-electron chi connectivity index (χ4n) is 4.34. The van der Waals surface area contributed by atoms with Gasteiger partial charge in [-0.15, -0.1) is 0 Å². The summed E-state index contributed by atoms with van der Waals surface area (Å²) in [5.74, 6) is 0.760. The highest BCUT2D eigenvalue weighted by Gasteiger charge is 2.30. The third kappa shape index (κ3) is 3.42. The maximum atomic E-state index is 5.99. The largest absolute Gasteiger partial charge is 0.475 e. The lowest BCUT2D eigenvalue weighted by Gasteiger charge is -2.23. The van der Waals surface area contributed by atoms with Crippen LogP contribution in [0.2, 0.25) is 0 Å². The number of hydrogen-bond acceptors (Lipinski definition) is 3. The average Bonchev–Trinajstić information content (AvgIpc) is 3.32. The Morgan fingerprint density at radius 3 is 2.34 bits per heavy atom. The van der Waals surface area contributed by atoms with Crippen molar-refractivity contribution in [3.05, 3.63) is 89.5 Å². The van der Waals surface area contributed by atoms with Crippen LogP contribution in [-0.4, -0.2) is 24.6 Å². The van der Waals surface area contributed by atoms with E-state index < -0.39 is 0 Å². The Morgan fingerprint density at radius 1 is 0.862 bits per heavy atom. The number of nitrogens with zero attached hydrogens (tertiary/aromatic N) is 2. The smallest absolute Gasteiger partial charge is 0.217 e. The number of benzene rings is 3. The number of anilines is 1. The molecule has 3 aromatic rings. The fraction of sp³-hybridized carbons (Fsp3) is 0.269. The maximum Gasteiger partial charge on any atom is 0.217 e. The minimum Gasteiger partial charge on any atom is -0.475 e. The van der Waals surface area contributed by atoms with E-state index in [1.165, 1.54) is 27.9 Å². The predicted molar refractivity (Wildman–Crippen MR) is 120 cm³/mol. The molecule has 3 heteroatoms. The highest BCUT2D eigenvalue weighted by atomic mass is 16.5. The van der Waals surface area contributed by atoms with Crippen LogP contribution in [0.5, 0.6) is 0 Å². The molecule has 0 radical (unpaired) electrons. The predicted octanol–water partition coefficient (Wildman–Crippen LogP) is 5.47. The van der Waals surface area contributed by atoms with Crippen LogP contribution in [0.3, 0.4) is 0 Å². The molecule has 0 saturated carbocycles. The van der Waals surface area contributed by atoms with Crippen molar-refractivity contribution in [2.45, 2.75) is 32.4 Å². The summed E-state index contributed by atoms with van der Waals surface area (Å²) >= 11 is 0. The molecule has 0 aromatic heterocycles. The Labute approximate surface area is 172 Å². The quantitative estimate of drug-likeness (QED) is 0.597. The number of aliphatic imine (C=N–C) groups is 1. The van der Waals surface area contributed by atoms with Crippen molar-refractivity contribution in [1.29, 1.82) is 0 Å². The van der Waals surface area contributed by atoms with Crippen LogP contribution < -0.4 is 4.90 Å². The molecule has 3 aromatic carbocycles. The SMILES string of the molecule is CC1(C)COC(c2ccccc2-c2cccc3c2N(Cc2ccccc2)CC3)=N1. The summed E-state index contributed by atoms with van der Waals surface area (Å²) in [7, 11) is 0. The van der Waals surface area contributed by atoms with E-state index in [2.05, 4.69) is 91.5 Å². The Balaban J connectivity index is 1.59. The summed E-state index contributed by atoms with van der Waals surface area (Å²) in [6.07, 6.45) is 1.09. The molecule has 29 heavy (non-hydrogen) atoms. The van der Waals surface area contributed by atoms with E-state index in [0.29, 0.717) is 6.61 Å². The Morgan fingerprint density at radius 2 is 1.59 bits per heavy atom. The van der Waals surface area contributed by atoms with E-state index in [-0.39, 0.29) is 5.54 Å². The van der Waals surface area contributed by atoms with Gasteiger partial charge in [-0.25, -0.2) is 4.99 Å². The number of rotatable bonds is 4. The van der Waals surface area contributed by atoms with Crippen molar-refractivity contribution in [2.75, 3.05) is 18.1 Å². The van der Waals surface area contributed by atoms with Crippen LogP contribution in [0.15, 0.2) is 77.8 Å². The van der Waals surface area contributed by atoms with E-state index in [1.807, 2.05) is 0 Å². The summed E-state index contributed by atoms with van der Waals surface area (Å²) < 4.78 is 5.99. The van der Waals surface area contributed by atoms with Gasteiger partial charge in [0.05, 0.1) is 5.54 Å². The maximum absolute atomic E-state index is 5.99. The molecule has 0 unspecified atom stereocenters. The molecule has 3 nitrogen and oxygen atoms in total. The van der Waals surface area contributed by atoms with Gasteiger partial charge in [0.1, 0.15) is 6.61 Å². The molecular formula is C26H26N2O. The van der Waals surface area contributed by atoms with Gasteiger partial charge in [-0.2, -0.15) is 0 Å². The molecule has 0 spiro atoms. The normalized spacial score (nSPS) is 17.0. The Bertz CT molecular complexity index is 1070. The van der Waals surface area contributed by atoms with Crippen molar-refractivity contribution in [3.63, 3.8) is 0 Å². The molecule has 146 valence electrons. The zero-order valence-electron chi connectivity index (χ0n) is 17.1. The van der Waals surface area contributed by atoms with E-state index in [0.717, 1.165) is 31.0 Å². The Kier molecular flexibility index (Phi) is 4.39. The van der Waals surface area contributed by atoms with Crippen LogP contribution in [0.4, 0.5) is 5.69 Å². The highest BCUT2D eigenvalue weighted by Crippen LogP contribution is 2.41. The van der Waals surface area contributed by atoms with Crippen molar-refractivity contribution >= 4 is 11.6 Å². The van der Waals surface area contributed by atoms with E-state index in [4.69, 9.17) is 9.73 Å². The lowest BCUT2D eigenvalue weighted by Crippen LogP contribution is -2.20. The van der Waals surface area contributed by atoms with Crippen LogP contribution in [0.25, 0.3) is 11.1 Å². The minimum absolute atomic E-state index is 0.166. The van der Waals surface area contributed by atoms with E-state index in [9.17, 15) is 0 Å². The first-order valence-corrected chi connectivity index (χ1v) is 10.3. The molecule has 0 amide bonds. The fourth-order valence-corrected chi connectivity index (χ4v) is 4.34. The van der Waals surface area contributed by atoms with E-state index in [1.54, 1.807) is 0 Å². The van der Waals surface area contributed by atoms with Crippen molar-refractivity contribution in [3.8, 4) is 11.1 Å². The van der Waals surface area contributed by atoms with Gasteiger partial charge in [-0.3, -0.25) is 0 Å². The van der Waals surface area contributed by atoms with Gasteiger partial charge >= 0.3 is 0 Å². The molecule has 0 bridgehead atoms. The molecule has 2 aliphatic rings. The summed E-state index contributed by atoms with van der Waals surface area (Å²) in [4.78, 5) is 7.35. The second kappa shape index (κ2) is 7.07. The second-order valence-corrected chi connectivity index (χ2v) is 8.53. The standard InChI is InChI=1S/C26H26N2O/c1-26(2)18-29-25(27-26)23-13-7-6-12-21(23)22-14-8-11-20-15-16-28(24(20)22)17-19-9-4-3-5-10-19/h3-14H,15-18H2,1-2H3. The summed E-state index contributed by atoms with van der Waals surface area (Å²) in [5, 5.41) is 0. The molecule has 0 fully saturated rings. The molecule has 0 saturated heterocycles. The zero-order valence-corrected chi connectivity index (χ0v) is 17.1. The third-order valence-electron chi connectivity index (χ3n) is 5.72. The monoisotopic (exact) mass is 382 g/mol. The lowest BCUT2D eigenvalue weighted by atomic mass is 9.95. The third-order valence-corrected chi connectivity index (χ3v) is 5.72. The molecule has 0 atom stereocenters. The number of fused-ring (bicyclic) bond motifs is 1. The molecule has 5 rings (SSSR count). The lowest BCUT2D eigenvalue weighted by molar-refractivity contribution is 0.279. The number of ether oxygens (including phenoxy) is 1. The van der Waals surface area contributed by atoms with Gasteiger partial charge < -0.3 is 9.64 Å². The van der Waals surface area contributed by atoms with Gasteiger partial charge in [0.25, 0.3) is 0 Å². The first-order valence-electron chi connectivity index (χ1n) is 10.3. The average molecular weight is 383 g/mol. The molecule has 2 heterocycles.